The van der Waals surface area contributed by atoms with Crippen LogP contribution in [0.4, 0.5) is 0 Å². The van der Waals surface area contributed by atoms with Gasteiger partial charge in [0.15, 0.2) is 0 Å². The molecule has 0 aromatic heterocycles. The molecule has 3 atom stereocenters. The maximum atomic E-state index is 12.2. The summed E-state index contributed by atoms with van der Waals surface area (Å²) in [5.74, 6) is -1.66. The summed E-state index contributed by atoms with van der Waals surface area (Å²) in [6, 6.07) is -1.81. The minimum absolute atomic E-state index is 0.106. The Balaban J connectivity index is 4.76. The van der Waals surface area contributed by atoms with E-state index in [-0.39, 0.29) is 12.3 Å². The molecule has 2 amide bonds. The first-order chi connectivity index (χ1) is 10.2. The quantitative estimate of drug-likeness (QED) is 0.454. The van der Waals surface area contributed by atoms with Crippen LogP contribution in [0.3, 0.4) is 0 Å². The monoisotopic (exact) mass is 334 g/mol. The Hall–Kier alpha value is -1.28. The minimum atomic E-state index is -1.10. The van der Waals surface area contributed by atoms with E-state index < -0.39 is 36.0 Å². The fourth-order valence-corrected chi connectivity index (χ4v) is 2.26. The molecule has 0 aliphatic heterocycles. The van der Waals surface area contributed by atoms with Gasteiger partial charge in [0.25, 0.3) is 0 Å². The molecule has 0 spiro atoms. The van der Waals surface area contributed by atoms with Crippen molar-refractivity contribution in [1.82, 2.24) is 10.6 Å². The fourth-order valence-electron chi connectivity index (χ4n) is 1.79. The maximum Gasteiger partial charge on any atom is 0.326 e. The lowest BCUT2D eigenvalue weighted by Crippen LogP contribution is -2.54. The van der Waals surface area contributed by atoms with E-state index in [0.29, 0.717) is 12.2 Å². The van der Waals surface area contributed by atoms with Crippen molar-refractivity contribution in [3.63, 3.8) is 0 Å². The van der Waals surface area contributed by atoms with Gasteiger partial charge in [0.1, 0.15) is 12.1 Å². The highest BCUT2D eigenvalue weighted by Crippen LogP contribution is 2.06. The van der Waals surface area contributed by atoms with Gasteiger partial charge >= 0.3 is 5.97 Å². The zero-order chi connectivity index (χ0) is 17.3. The standard InChI is InChI=1S/C14H26N2O5S/c1-8(2)12(16-11(18)7-9(3)17)13(19)15-10(14(20)21)5-6-22-4/h8-10,12,17H,5-7H2,1-4H3,(H,15,19)(H,16,18)(H,20,21)/t9?,10-,12-/m0/s1. The number of carbonyl (C=O) groups is 3. The summed E-state index contributed by atoms with van der Waals surface area (Å²) in [7, 11) is 0. The molecule has 0 bridgehead atoms. The number of carbonyl (C=O) groups excluding carboxylic acids is 2. The Kier molecular flexibility index (Phi) is 9.84. The van der Waals surface area contributed by atoms with E-state index in [1.165, 1.54) is 18.7 Å². The van der Waals surface area contributed by atoms with Crippen LogP contribution in [0.5, 0.6) is 0 Å². The Morgan fingerprint density at radius 3 is 2.14 bits per heavy atom. The number of carboxylic acid groups (broad SMARTS) is 1. The zero-order valence-electron chi connectivity index (χ0n) is 13.5. The number of amides is 2. The molecule has 128 valence electrons. The molecular weight excluding hydrogens is 308 g/mol. The second-order valence-corrected chi connectivity index (χ2v) is 6.51. The molecular formula is C14H26N2O5S. The number of aliphatic hydroxyl groups is 1. The van der Waals surface area contributed by atoms with E-state index in [9.17, 15) is 19.5 Å². The summed E-state index contributed by atoms with van der Waals surface area (Å²) < 4.78 is 0. The summed E-state index contributed by atoms with van der Waals surface area (Å²) in [4.78, 5) is 35.1. The van der Waals surface area contributed by atoms with Crippen LogP contribution in [0.1, 0.15) is 33.6 Å². The molecule has 0 aliphatic rings. The van der Waals surface area contributed by atoms with E-state index in [0.717, 1.165) is 0 Å². The third kappa shape index (κ3) is 8.23. The average molecular weight is 334 g/mol. The third-order valence-corrected chi connectivity index (χ3v) is 3.62. The van der Waals surface area contributed by atoms with Crippen molar-refractivity contribution in [3.8, 4) is 0 Å². The molecule has 1 unspecified atom stereocenters. The van der Waals surface area contributed by atoms with Crippen molar-refractivity contribution in [3.05, 3.63) is 0 Å². The third-order valence-electron chi connectivity index (χ3n) is 2.97. The van der Waals surface area contributed by atoms with Gasteiger partial charge < -0.3 is 20.8 Å². The molecule has 0 aromatic rings. The molecule has 22 heavy (non-hydrogen) atoms. The van der Waals surface area contributed by atoms with Crippen LogP contribution >= 0.6 is 11.8 Å². The molecule has 0 aliphatic carbocycles. The predicted octanol–water partition coefficient (Wildman–Crippen LogP) is 0.221. The van der Waals surface area contributed by atoms with Crippen LogP contribution in [0.2, 0.25) is 0 Å². The number of hydrogen-bond acceptors (Lipinski definition) is 5. The molecule has 7 nitrogen and oxygen atoms in total. The lowest BCUT2D eigenvalue weighted by atomic mass is 10.0. The maximum absolute atomic E-state index is 12.2. The van der Waals surface area contributed by atoms with Gasteiger partial charge in [-0.05, 0) is 31.3 Å². The Morgan fingerprint density at radius 2 is 1.73 bits per heavy atom. The zero-order valence-corrected chi connectivity index (χ0v) is 14.3. The number of carboxylic acids is 1. The highest BCUT2D eigenvalue weighted by Gasteiger charge is 2.28. The Morgan fingerprint density at radius 1 is 1.14 bits per heavy atom. The van der Waals surface area contributed by atoms with Crippen LogP contribution in [0.15, 0.2) is 0 Å². The van der Waals surface area contributed by atoms with Gasteiger partial charge in [-0.25, -0.2) is 4.79 Å². The SMILES string of the molecule is CSCC[C@H](NC(=O)[C@@H](NC(=O)CC(C)O)C(C)C)C(=O)O. The van der Waals surface area contributed by atoms with E-state index >= 15 is 0 Å². The van der Waals surface area contributed by atoms with Crippen LogP contribution < -0.4 is 10.6 Å². The molecule has 8 heteroatoms. The first kappa shape index (κ1) is 20.7. The second kappa shape index (κ2) is 10.4. The van der Waals surface area contributed by atoms with E-state index in [4.69, 9.17) is 5.11 Å². The number of thioether (sulfide) groups is 1. The Bertz CT molecular complexity index is 387. The highest BCUT2D eigenvalue weighted by molar-refractivity contribution is 7.98. The first-order valence-corrected chi connectivity index (χ1v) is 8.58. The van der Waals surface area contributed by atoms with Gasteiger partial charge in [0, 0.05) is 0 Å². The number of aliphatic hydroxyl groups excluding tert-OH is 1. The van der Waals surface area contributed by atoms with Crippen molar-refractivity contribution >= 4 is 29.5 Å². The molecule has 0 saturated heterocycles. The van der Waals surface area contributed by atoms with Gasteiger partial charge in [-0.3, -0.25) is 9.59 Å². The van der Waals surface area contributed by atoms with Gasteiger partial charge in [-0.2, -0.15) is 11.8 Å². The van der Waals surface area contributed by atoms with Gasteiger partial charge in [-0.1, -0.05) is 13.8 Å². The predicted molar refractivity (Wildman–Crippen MR) is 85.6 cm³/mol. The summed E-state index contributed by atoms with van der Waals surface area (Å²) >= 11 is 1.49. The molecule has 0 aromatic carbocycles. The van der Waals surface area contributed by atoms with Crippen molar-refractivity contribution in [2.24, 2.45) is 5.92 Å². The van der Waals surface area contributed by atoms with Crippen molar-refractivity contribution in [2.75, 3.05) is 12.0 Å². The van der Waals surface area contributed by atoms with Gasteiger partial charge in [0.05, 0.1) is 12.5 Å². The van der Waals surface area contributed by atoms with Crippen molar-refractivity contribution in [2.45, 2.75) is 51.8 Å². The minimum Gasteiger partial charge on any atom is -0.480 e. The van der Waals surface area contributed by atoms with Crippen LogP contribution in [-0.2, 0) is 14.4 Å². The lowest BCUT2D eigenvalue weighted by Gasteiger charge is -2.24. The van der Waals surface area contributed by atoms with E-state index in [2.05, 4.69) is 10.6 Å². The molecule has 4 N–H and O–H groups in total. The normalized spacial score (nSPS) is 15.0. The summed E-state index contributed by atoms with van der Waals surface area (Å²) in [6.07, 6.45) is 1.26. The number of nitrogens with one attached hydrogen (secondary N) is 2. The summed E-state index contributed by atoms with van der Waals surface area (Å²) in [5.41, 5.74) is 0. The topological polar surface area (TPSA) is 116 Å². The smallest absolute Gasteiger partial charge is 0.326 e. The molecule has 0 rings (SSSR count). The van der Waals surface area contributed by atoms with Crippen LogP contribution in [0.25, 0.3) is 0 Å². The number of rotatable bonds is 10. The van der Waals surface area contributed by atoms with Crippen LogP contribution in [-0.4, -0.2) is 58.2 Å². The molecule has 0 radical (unpaired) electrons. The number of aliphatic carboxylic acids is 1. The number of hydrogen-bond donors (Lipinski definition) is 4. The average Bonchev–Trinajstić information content (AvgIpc) is 2.38. The van der Waals surface area contributed by atoms with Crippen molar-refractivity contribution < 1.29 is 24.6 Å². The van der Waals surface area contributed by atoms with Gasteiger partial charge in [0.2, 0.25) is 11.8 Å². The summed E-state index contributed by atoms with van der Waals surface area (Å²) in [6.45, 7) is 4.99. The Labute approximate surface area is 135 Å². The molecule has 0 heterocycles. The van der Waals surface area contributed by atoms with E-state index in [1.807, 2.05) is 6.26 Å². The van der Waals surface area contributed by atoms with Crippen LogP contribution in [0, 0.1) is 5.92 Å². The first-order valence-electron chi connectivity index (χ1n) is 7.18. The summed E-state index contributed by atoms with van der Waals surface area (Å²) in [5, 5.41) is 23.3. The largest absolute Gasteiger partial charge is 0.480 e. The highest BCUT2D eigenvalue weighted by atomic mass is 32.2. The lowest BCUT2D eigenvalue weighted by molar-refractivity contribution is -0.142. The van der Waals surface area contributed by atoms with E-state index in [1.54, 1.807) is 13.8 Å². The molecule has 0 saturated carbocycles. The molecule has 0 fully saturated rings. The second-order valence-electron chi connectivity index (χ2n) is 5.52. The fraction of sp³-hybridized carbons (Fsp3) is 0.786. The van der Waals surface area contributed by atoms with Gasteiger partial charge in [-0.15, -0.1) is 0 Å². The van der Waals surface area contributed by atoms with Crippen molar-refractivity contribution in [1.29, 1.82) is 0 Å².